The highest BCUT2D eigenvalue weighted by molar-refractivity contribution is 5.49. The molecule has 4 heteroatoms. The normalized spacial score (nSPS) is 12.2. The van der Waals surface area contributed by atoms with Crippen LogP contribution in [0.4, 0.5) is 14.5 Å². The van der Waals surface area contributed by atoms with E-state index in [1.165, 1.54) is 6.92 Å². The van der Waals surface area contributed by atoms with Gasteiger partial charge in [-0.2, -0.15) is 5.26 Å². The summed E-state index contributed by atoms with van der Waals surface area (Å²) in [5, 5.41) is 11.2. The molecule has 0 bridgehead atoms. The van der Waals surface area contributed by atoms with Crippen molar-refractivity contribution < 1.29 is 8.78 Å². The minimum Gasteiger partial charge on any atom is -0.377 e. The second-order valence-electron chi connectivity index (χ2n) is 2.96. The van der Waals surface area contributed by atoms with Gasteiger partial charge in [0.1, 0.15) is 0 Å². The predicted octanol–water partition coefficient (Wildman–Crippen LogP) is 2.62. The number of nitriles is 1. The third kappa shape index (κ3) is 2.70. The van der Waals surface area contributed by atoms with E-state index in [9.17, 15) is 8.78 Å². The molecule has 0 amide bonds. The number of benzene rings is 1. The number of nitrogens with one attached hydrogen (secondary N) is 1. The smallest absolute Gasteiger partial charge is 0.258 e. The van der Waals surface area contributed by atoms with Crippen LogP contribution in [0.1, 0.15) is 12.5 Å². The molecule has 1 aromatic rings. The maximum Gasteiger partial charge on any atom is 0.258 e. The maximum absolute atomic E-state index is 12.2. The van der Waals surface area contributed by atoms with Gasteiger partial charge >= 0.3 is 0 Å². The maximum atomic E-state index is 12.2. The minimum atomic E-state index is -2.42. The van der Waals surface area contributed by atoms with Gasteiger partial charge in [-0.3, -0.25) is 0 Å². The molecule has 74 valence electrons. The highest BCUT2D eigenvalue weighted by atomic mass is 19.3. The Labute approximate surface area is 81.2 Å². The molecule has 0 saturated carbocycles. The Kier molecular flexibility index (Phi) is 3.41. The fourth-order valence-corrected chi connectivity index (χ4v) is 1.00. The molecule has 0 aliphatic rings. The monoisotopic (exact) mass is 196 g/mol. The Morgan fingerprint density at radius 1 is 1.43 bits per heavy atom. The topological polar surface area (TPSA) is 35.8 Å². The summed E-state index contributed by atoms with van der Waals surface area (Å²) >= 11 is 0. The average Bonchev–Trinajstić information content (AvgIpc) is 2.18. The van der Waals surface area contributed by atoms with Crippen LogP contribution in [0.2, 0.25) is 0 Å². The van der Waals surface area contributed by atoms with Gasteiger partial charge in [0.2, 0.25) is 0 Å². The number of hydrogen-bond donors (Lipinski definition) is 1. The van der Waals surface area contributed by atoms with Gasteiger partial charge in [0.15, 0.2) is 0 Å². The van der Waals surface area contributed by atoms with Crippen molar-refractivity contribution in [3.05, 3.63) is 29.8 Å². The zero-order valence-electron chi connectivity index (χ0n) is 7.67. The van der Waals surface area contributed by atoms with Crippen LogP contribution in [0.15, 0.2) is 24.3 Å². The zero-order chi connectivity index (χ0) is 10.6. The van der Waals surface area contributed by atoms with Crippen LogP contribution >= 0.6 is 0 Å². The molecule has 0 spiro atoms. The molecule has 14 heavy (non-hydrogen) atoms. The van der Waals surface area contributed by atoms with Crippen molar-refractivity contribution in [2.24, 2.45) is 0 Å². The number of rotatable bonds is 3. The number of alkyl halides is 2. The summed E-state index contributed by atoms with van der Waals surface area (Å²) in [6, 6.07) is 7.50. The van der Waals surface area contributed by atoms with E-state index in [-0.39, 0.29) is 0 Å². The van der Waals surface area contributed by atoms with Crippen molar-refractivity contribution in [2.45, 2.75) is 19.4 Å². The molecule has 2 nitrogen and oxygen atoms in total. The Hall–Kier alpha value is -1.63. The molecule has 0 aromatic heterocycles. The second kappa shape index (κ2) is 4.56. The summed E-state index contributed by atoms with van der Waals surface area (Å²) in [6.07, 6.45) is -2.42. The third-order valence-electron chi connectivity index (χ3n) is 1.76. The quantitative estimate of drug-likeness (QED) is 0.806. The van der Waals surface area contributed by atoms with E-state index in [0.29, 0.717) is 11.3 Å². The first-order valence-corrected chi connectivity index (χ1v) is 4.18. The van der Waals surface area contributed by atoms with E-state index in [2.05, 4.69) is 5.32 Å². The summed E-state index contributed by atoms with van der Waals surface area (Å²) in [5.74, 6) is 0. The number of halogens is 2. The summed E-state index contributed by atoms with van der Waals surface area (Å²) in [5.41, 5.74) is 0.994. The highest BCUT2D eigenvalue weighted by Crippen LogP contribution is 2.13. The van der Waals surface area contributed by atoms with Gasteiger partial charge in [0.05, 0.1) is 17.7 Å². The molecule has 1 rings (SSSR count). The Morgan fingerprint density at radius 2 is 2.14 bits per heavy atom. The van der Waals surface area contributed by atoms with E-state index in [1.807, 2.05) is 6.07 Å². The first-order chi connectivity index (χ1) is 6.63. The van der Waals surface area contributed by atoms with Gasteiger partial charge in [0, 0.05) is 5.69 Å². The third-order valence-corrected chi connectivity index (χ3v) is 1.76. The van der Waals surface area contributed by atoms with E-state index >= 15 is 0 Å². The Bertz CT molecular complexity index is 344. The van der Waals surface area contributed by atoms with E-state index in [0.717, 1.165) is 0 Å². The van der Waals surface area contributed by atoms with Crippen molar-refractivity contribution in [1.29, 1.82) is 5.26 Å². The molecule has 0 radical (unpaired) electrons. The molecule has 0 heterocycles. The van der Waals surface area contributed by atoms with Crippen LogP contribution < -0.4 is 5.32 Å². The van der Waals surface area contributed by atoms with E-state index in [1.54, 1.807) is 24.3 Å². The largest absolute Gasteiger partial charge is 0.377 e. The van der Waals surface area contributed by atoms with Crippen LogP contribution in [0.25, 0.3) is 0 Å². The first kappa shape index (κ1) is 10.5. The SMILES string of the molecule is CC(Nc1cccc(C#N)c1)C(F)F. The van der Waals surface area contributed by atoms with Crippen molar-refractivity contribution in [3.8, 4) is 6.07 Å². The van der Waals surface area contributed by atoms with Gasteiger partial charge < -0.3 is 5.32 Å². The molecular weight excluding hydrogens is 186 g/mol. The lowest BCUT2D eigenvalue weighted by atomic mass is 10.2. The van der Waals surface area contributed by atoms with Gasteiger partial charge in [-0.25, -0.2) is 8.78 Å². The standard InChI is InChI=1S/C10H10F2N2/c1-7(10(11)12)14-9-4-2-3-8(5-9)6-13/h2-5,7,10,14H,1H3. The number of anilines is 1. The van der Waals surface area contributed by atoms with Gasteiger partial charge in [0.25, 0.3) is 6.43 Å². The molecule has 1 N–H and O–H groups in total. The molecular formula is C10H10F2N2. The first-order valence-electron chi connectivity index (χ1n) is 4.18. The fourth-order valence-electron chi connectivity index (χ4n) is 1.00. The van der Waals surface area contributed by atoms with Crippen LogP contribution in [0, 0.1) is 11.3 Å². The zero-order valence-corrected chi connectivity index (χ0v) is 7.67. The average molecular weight is 196 g/mol. The molecule has 0 fully saturated rings. The molecule has 0 saturated heterocycles. The predicted molar refractivity (Wildman–Crippen MR) is 50.2 cm³/mol. The van der Waals surface area contributed by atoms with Crippen LogP contribution in [0.5, 0.6) is 0 Å². The van der Waals surface area contributed by atoms with Crippen molar-refractivity contribution >= 4 is 5.69 Å². The molecule has 1 aromatic carbocycles. The lowest BCUT2D eigenvalue weighted by Crippen LogP contribution is -2.23. The van der Waals surface area contributed by atoms with Crippen molar-refractivity contribution in [1.82, 2.24) is 0 Å². The molecule has 0 aliphatic heterocycles. The van der Waals surface area contributed by atoms with Gasteiger partial charge in [-0.1, -0.05) is 6.07 Å². The van der Waals surface area contributed by atoms with Crippen LogP contribution in [-0.4, -0.2) is 12.5 Å². The van der Waals surface area contributed by atoms with Gasteiger partial charge in [-0.15, -0.1) is 0 Å². The molecule has 0 aliphatic carbocycles. The number of nitrogens with zero attached hydrogens (tertiary/aromatic N) is 1. The number of hydrogen-bond acceptors (Lipinski definition) is 2. The van der Waals surface area contributed by atoms with E-state index in [4.69, 9.17) is 5.26 Å². The minimum absolute atomic E-state index is 0.455. The van der Waals surface area contributed by atoms with Gasteiger partial charge in [-0.05, 0) is 25.1 Å². The lowest BCUT2D eigenvalue weighted by Gasteiger charge is -2.13. The lowest BCUT2D eigenvalue weighted by molar-refractivity contribution is 0.131. The summed E-state index contributed by atoms with van der Waals surface area (Å²) in [7, 11) is 0. The summed E-state index contributed by atoms with van der Waals surface area (Å²) < 4.78 is 24.3. The Balaban J connectivity index is 2.73. The molecule has 1 atom stereocenters. The van der Waals surface area contributed by atoms with Crippen LogP contribution in [-0.2, 0) is 0 Å². The van der Waals surface area contributed by atoms with E-state index < -0.39 is 12.5 Å². The Morgan fingerprint density at radius 3 is 2.71 bits per heavy atom. The fraction of sp³-hybridized carbons (Fsp3) is 0.300. The molecule has 1 unspecified atom stereocenters. The van der Waals surface area contributed by atoms with Crippen molar-refractivity contribution in [2.75, 3.05) is 5.32 Å². The van der Waals surface area contributed by atoms with Crippen molar-refractivity contribution in [3.63, 3.8) is 0 Å². The summed E-state index contributed by atoms with van der Waals surface area (Å²) in [4.78, 5) is 0. The highest BCUT2D eigenvalue weighted by Gasteiger charge is 2.13. The van der Waals surface area contributed by atoms with Crippen LogP contribution in [0.3, 0.4) is 0 Å². The second-order valence-corrected chi connectivity index (χ2v) is 2.96. The summed E-state index contributed by atoms with van der Waals surface area (Å²) in [6.45, 7) is 1.39.